The molecule has 5 aromatic rings. The molecule has 2 N–H and O–H groups in total. The second kappa shape index (κ2) is 17.3. The van der Waals surface area contributed by atoms with Gasteiger partial charge in [-0.3, -0.25) is 29.5 Å². The predicted octanol–water partition coefficient (Wildman–Crippen LogP) is 9.86. The number of allylic oxidation sites excluding steroid dienone is 2. The average Bonchev–Trinajstić information content (AvgIpc) is 3.70. The number of carbonyl (C=O) groups is 4. The van der Waals surface area contributed by atoms with Crippen molar-refractivity contribution in [2.75, 3.05) is 38.8 Å². The minimum absolute atomic E-state index is 0.0306. The van der Waals surface area contributed by atoms with Crippen LogP contribution >= 0.6 is 39.1 Å². The van der Waals surface area contributed by atoms with E-state index in [1.807, 2.05) is 48.6 Å². The van der Waals surface area contributed by atoms with Gasteiger partial charge in [-0.05, 0) is 103 Å². The van der Waals surface area contributed by atoms with Crippen molar-refractivity contribution in [2.24, 2.45) is 23.7 Å². The molecule has 12 nitrogen and oxygen atoms in total. The molecule has 0 spiro atoms. The van der Waals surface area contributed by atoms with Gasteiger partial charge in [0.2, 0.25) is 11.8 Å². The Morgan fingerprint density at radius 3 is 2.14 bits per heavy atom. The second-order valence-corrected chi connectivity index (χ2v) is 18.1. The van der Waals surface area contributed by atoms with E-state index in [0.29, 0.717) is 49.1 Å². The van der Waals surface area contributed by atoms with Gasteiger partial charge in [-0.2, -0.15) is 5.01 Å². The highest BCUT2D eigenvalue weighted by Crippen LogP contribution is 2.65. The van der Waals surface area contributed by atoms with Gasteiger partial charge >= 0.3 is 0 Å². The molecule has 4 amide bonds. The van der Waals surface area contributed by atoms with E-state index in [1.165, 1.54) is 25.2 Å². The van der Waals surface area contributed by atoms with Crippen molar-refractivity contribution in [1.29, 1.82) is 0 Å². The minimum Gasteiger partial charge on any atom is -0.504 e. The number of fused-ring (bicyclic) bond motifs is 4. The van der Waals surface area contributed by atoms with Crippen LogP contribution in [0.3, 0.4) is 0 Å². The third kappa shape index (κ3) is 7.20. The normalized spacial score (nSPS) is 23.6. The van der Waals surface area contributed by atoms with Crippen LogP contribution in [0.1, 0.15) is 41.0 Å². The summed E-state index contributed by atoms with van der Waals surface area (Å²) < 4.78 is 22.6. The lowest BCUT2D eigenvalue weighted by Gasteiger charge is -2.50. The number of nitrogens with zero attached hydrogens (tertiary/aromatic N) is 2. The quantitative estimate of drug-likeness (QED) is 0.0746. The molecule has 6 atom stereocenters. The summed E-state index contributed by atoms with van der Waals surface area (Å²) in [6.07, 6.45) is 5.92. The van der Waals surface area contributed by atoms with Gasteiger partial charge in [-0.25, -0.2) is 0 Å². The largest absolute Gasteiger partial charge is 0.504 e. The van der Waals surface area contributed by atoms with E-state index in [9.17, 15) is 14.7 Å². The Bertz CT molecular complexity index is 2830. The number of imide groups is 2. The fourth-order valence-corrected chi connectivity index (χ4v) is 11.2. The van der Waals surface area contributed by atoms with E-state index in [1.54, 1.807) is 74.9 Å². The zero-order chi connectivity index (χ0) is 45.9. The highest BCUT2D eigenvalue weighted by Gasteiger charge is 2.71. The third-order valence-corrected chi connectivity index (χ3v) is 14.2. The number of ether oxygens (including phenoxy) is 4. The van der Waals surface area contributed by atoms with Crippen molar-refractivity contribution in [3.63, 3.8) is 0 Å². The maximum absolute atomic E-state index is 15.7. The minimum atomic E-state index is -1.70. The van der Waals surface area contributed by atoms with Crippen LogP contribution in [-0.4, -0.2) is 62.2 Å². The molecule has 4 aliphatic rings. The average molecular weight is 980 g/mol. The lowest BCUT2D eigenvalue weighted by molar-refractivity contribution is -0.138. The van der Waals surface area contributed by atoms with Crippen molar-refractivity contribution >= 4 is 86.3 Å². The first-order valence-corrected chi connectivity index (χ1v) is 22.3. The number of anilines is 2. The smallest absolute Gasteiger partial charge is 0.260 e. The number of halogens is 3. The molecule has 2 aliphatic carbocycles. The summed E-state index contributed by atoms with van der Waals surface area (Å²) in [6, 6.07) is 27.5. The Hall–Kier alpha value is -6.28. The summed E-state index contributed by atoms with van der Waals surface area (Å²) in [6.45, 7) is 0. The van der Waals surface area contributed by atoms with Gasteiger partial charge in [0, 0.05) is 26.5 Å². The van der Waals surface area contributed by atoms with Gasteiger partial charge < -0.3 is 24.1 Å². The number of hydrazine groups is 1. The number of hydrogen-bond acceptors (Lipinski definition) is 10. The molecule has 2 heterocycles. The van der Waals surface area contributed by atoms with E-state index in [4.69, 9.17) is 42.1 Å². The zero-order valence-corrected chi connectivity index (χ0v) is 38.6. The Morgan fingerprint density at radius 2 is 1.46 bits per heavy atom. The number of benzene rings is 5. The molecule has 0 aromatic heterocycles. The first-order chi connectivity index (χ1) is 31.3. The van der Waals surface area contributed by atoms with Crippen LogP contribution in [0.4, 0.5) is 11.4 Å². The number of phenolic OH excluding ortho intramolecular Hbond substituents is 1. The zero-order valence-electron chi connectivity index (χ0n) is 35.5. The molecule has 65 heavy (non-hydrogen) atoms. The molecular weight excluding hydrogens is 937 g/mol. The molecule has 2 saturated heterocycles. The van der Waals surface area contributed by atoms with E-state index in [0.717, 1.165) is 16.1 Å². The van der Waals surface area contributed by atoms with Gasteiger partial charge in [0.15, 0.2) is 11.5 Å². The van der Waals surface area contributed by atoms with Crippen LogP contribution in [0.25, 0.3) is 12.2 Å². The Labute approximate surface area is 393 Å². The lowest BCUT2D eigenvalue weighted by Crippen LogP contribution is -2.53. The maximum Gasteiger partial charge on any atom is 0.260 e. The van der Waals surface area contributed by atoms with Crippen LogP contribution in [0, 0.1) is 23.7 Å². The third-order valence-electron chi connectivity index (χ3n) is 13.2. The van der Waals surface area contributed by atoms with Gasteiger partial charge in [0.1, 0.15) is 17.2 Å². The first-order valence-electron chi connectivity index (χ1n) is 20.7. The second-order valence-electron chi connectivity index (χ2n) is 16.3. The standard InChI is InChI=1S/C50H42BrCl2N3O9/c1-62-32-14-9-28(10-15-32)50-38(47(59)56(49(50)61)54-40-19-11-30(52)24-39(40)53)25-36-34(44(50)37-22-29(51)23-42(65-4)45(37)57)17-18-35-43(36)48(60)55(46(35)58)31-12-6-26(7-13-31)5-8-27-21-33(63-2)16-20-41(27)64-3/h5-17,19-24,35-36,38,43-44,54,57H,18,25H2,1-4H3. The molecule has 0 bridgehead atoms. The molecule has 0 radical (unpaired) electrons. The van der Waals surface area contributed by atoms with E-state index in [-0.39, 0.29) is 41.0 Å². The number of carbonyl (C=O) groups excluding carboxylic acids is 4. The fourth-order valence-electron chi connectivity index (χ4n) is 10.3. The molecule has 3 fully saturated rings. The van der Waals surface area contributed by atoms with Crippen LogP contribution < -0.4 is 29.3 Å². The van der Waals surface area contributed by atoms with Crippen molar-refractivity contribution in [2.45, 2.75) is 24.2 Å². The summed E-state index contributed by atoms with van der Waals surface area (Å²) in [7, 11) is 6.14. The van der Waals surface area contributed by atoms with Crippen molar-refractivity contribution in [3.8, 4) is 28.7 Å². The number of hydrogen-bond donors (Lipinski definition) is 2. The highest BCUT2D eigenvalue weighted by atomic mass is 79.9. The number of nitrogens with one attached hydrogen (secondary N) is 1. The summed E-state index contributed by atoms with van der Waals surface area (Å²) >= 11 is 16.4. The van der Waals surface area contributed by atoms with Crippen molar-refractivity contribution in [1.82, 2.24) is 5.01 Å². The van der Waals surface area contributed by atoms with Crippen molar-refractivity contribution < 1.29 is 43.2 Å². The Morgan fingerprint density at radius 1 is 0.754 bits per heavy atom. The Kier molecular flexibility index (Phi) is 11.7. The molecule has 9 rings (SSSR count). The summed E-state index contributed by atoms with van der Waals surface area (Å²) in [5, 5.41) is 13.6. The van der Waals surface area contributed by atoms with Gasteiger partial charge in [-0.15, -0.1) is 0 Å². The predicted molar refractivity (Wildman–Crippen MR) is 250 cm³/mol. The van der Waals surface area contributed by atoms with Crippen LogP contribution in [0.5, 0.6) is 28.7 Å². The number of rotatable bonds is 11. The van der Waals surface area contributed by atoms with Crippen molar-refractivity contribution in [3.05, 3.63) is 145 Å². The topological polar surface area (TPSA) is 144 Å². The van der Waals surface area contributed by atoms with Crippen LogP contribution in [0.15, 0.2) is 113 Å². The van der Waals surface area contributed by atoms with Gasteiger partial charge in [0.25, 0.3) is 11.8 Å². The molecule has 5 aromatic carbocycles. The first kappa shape index (κ1) is 43.9. The van der Waals surface area contributed by atoms with E-state index in [2.05, 4.69) is 21.4 Å². The highest BCUT2D eigenvalue weighted by molar-refractivity contribution is 9.10. The van der Waals surface area contributed by atoms with Crippen LogP contribution in [-0.2, 0) is 24.6 Å². The molecule has 332 valence electrons. The fraction of sp³-hybridized carbons (Fsp3) is 0.240. The van der Waals surface area contributed by atoms with E-state index >= 15 is 9.59 Å². The summed E-state index contributed by atoms with van der Waals surface area (Å²) in [4.78, 5) is 61.5. The number of amides is 4. The summed E-state index contributed by atoms with van der Waals surface area (Å²) in [5.41, 5.74) is 5.01. The van der Waals surface area contributed by atoms with Gasteiger partial charge in [0.05, 0.1) is 68.0 Å². The van der Waals surface area contributed by atoms with Gasteiger partial charge in [-0.1, -0.05) is 87.2 Å². The number of phenols is 1. The number of methoxy groups -OCH3 is 4. The monoisotopic (exact) mass is 977 g/mol. The molecule has 6 unspecified atom stereocenters. The maximum atomic E-state index is 15.7. The Balaban J connectivity index is 1.15. The molecular formula is C50H42BrCl2N3O9. The summed E-state index contributed by atoms with van der Waals surface area (Å²) in [5.74, 6) is -4.66. The molecule has 2 aliphatic heterocycles. The van der Waals surface area contributed by atoms with E-state index < -0.39 is 52.7 Å². The molecule has 1 saturated carbocycles. The number of aromatic hydroxyl groups is 1. The lowest BCUT2D eigenvalue weighted by atomic mass is 9.49. The van der Waals surface area contributed by atoms with Crippen LogP contribution in [0.2, 0.25) is 10.0 Å². The molecule has 15 heteroatoms. The SMILES string of the molecule is COc1ccc(C23C(=O)N(Nc4ccc(Cl)cc4Cl)C(=O)C2CC2C(=CCC4C(=O)N(c5ccc(C=Cc6cc(OC)ccc6OC)cc5)C(=O)C42)C3c2cc(Br)cc(OC)c2O)cc1.